The quantitative estimate of drug-likeness (QED) is 0.809. The Labute approximate surface area is 122 Å². The van der Waals surface area contributed by atoms with Gasteiger partial charge < -0.3 is 15.4 Å². The molecule has 1 unspecified atom stereocenters. The number of carbonyl (C=O) groups is 1. The molecule has 116 valence electrons. The third-order valence-corrected chi connectivity index (χ3v) is 3.52. The summed E-state index contributed by atoms with van der Waals surface area (Å²) in [5.74, 6) is 0.656. The number of ether oxygens (including phenoxy) is 1. The minimum absolute atomic E-state index is 0.0707. The van der Waals surface area contributed by atoms with E-state index in [4.69, 9.17) is 0 Å². The average Bonchev–Trinajstić information content (AvgIpc) is 2.93. The maximum absolute atomic E-state index is 12.0. The van der Waals surface area contributed by atoms with Crippen LogP contribution in [0.1, 0.15) is 18.4 Å². The van der Waals surface area contributed by atoms with Crippen LogP contribution in [0.3, 0.4) is 0 Å². The summed E-state index contributed by atoms with van der Waals surface area (Å²) in [4.78, 5) is 11.7. The van der Waals surface area contributed by atoms with Gasteiger partial charge in [-0.2, -0.15) is 8.78 Å². The molecule has 1 aromatic rings. The summed E-state index contributed by atoms with van der Waals surface area (Å²) < 4.78 is 28.3. The molecule has 1 amide bonds. The van der Waals surface area contributed by atoms with Crippen LogP contribution in [0.25, 0.3) is 0 Å². The molecule has 2 rings (SSSR count). The predicted octanol–water partition coefficient (Wildman–Crippen LogP) is 1.95. The van der Waals surface area contributed by atoms with Crippen LogP contribution in [0, 0.1) is 5.92 Å². The first-order valence-corrected chi connectivity index (χ1v) is 7.14. The van der Waals surface area contributed by atoms with Gasteiger partial charge in [-0.3, -0.25) is 4.79 Å². The number of halogens is 2. The third-order valence-electron chi connectivity index (χ3n) is 3.52. The summed E-state index contributed by atoms with van der Waals surface area (Å²) in [7, 11) is 0. The topological polar surface area (TPSA) is 50.4 Å². The zero-order valence-corrected chi connectivity index (χ0v) is 11.8. The highest BCUT2D eigenvalue weighted by Crippen LogP contribution is 2.15. The van der Waals surface area contributed by atoms with Crippen molar-refractivity contribution in [3.8, 4) is 5.75 Å². The molecule has 0 bridgehead atoms. The van der Waals surface area contributed by atoms with E-state index in [1.54, 1.807) is 12.1 Å². The largest absolute Gasteiger partial charge is 0.435 e. The SMILES string of the molecule is O=C(CC1CCNC1)NCCc1ccc(OC(F)F)cc1. The molecule has 1 fully saturated rings. The molecule has 6 heteroatoms. The van der Waals surface area contributed by atoms with Crippen molar-refractivity contribution in [2.24, 2.45) is 5.92 Å². The number of nitrogens with one attached hydrogen (secondary N) is 2. The number of carbonyl (C=O) groups excluding carboxylic acids is 1. The zero-order valence-electron chi connectivity index (χ0n) is 11.8. The highest BCUT2D eigenvalue weighted by molar-refractivity contribution is 5.76. The van der Waals surface area contributed by atoms with Crippen molar-refractivity contribution >= 4 is 5.91 Å². The van der Waals surface area contributed by atoms with Gasteiger partial charge in [0.2, 0.25) is 5.91 Å². The fourth-order valence-electron chi connectivity index (χ4n) is 2.41. The first-order chi connectivity index (χ1) is 10.1. The Morgan fingerprint density at radius 3 is 2.76 bits per heavy atom. The van der Waals surface area contributed by atoms with Crippen LogP contribution in [0.15, 0.2) is 24.3 Å². The fraction of sp³-hybridized carbons (Fsp3) is 0.533. The van der Waals surface area contributed by atoms with Crippen molar-refractivity contribution < 1.29 is 18.3 Å². The number of alkyl halides is 2. The predicted molar refractivity (Wildman–Crippen MR) is 75.4 cm³/mol. The third kappa shape index (κ3) is 5.67. The lowest BCUT2D eigenvalue weighted by molar-refractivity contribution is -0.121. The number of benzene rings is 1. The highest BCUT2D eigenvalue weighted by atomic mass is 19.3. The molecule has 0 spiro atoms. The number of rotatable bonds is 7. The Kier molecular flexibility index (Phi) is 5.92. The van der Waals surface area contributed by atoms with E-state index < -0.39 is 6.61 Å². The van der Waals surface area contributed by atoms with Gasteiger partial charge in [0.05, 0.1) is 0 Å². The number of hydrogen-bond donors (Lipinski definition) is 2. The zero-order chi connectivity index (χ0) is 15.1. The van der Waals surface area contributed by atoms with Crippen molar-refractivity contribution in [3.05, 3.63) is 29.8 Å². The summed E-state index contributed by atoms with van der Waals surface area (Å²) in [5.41, 5.74) is 0.972. The molecule has 0 aromatic heterocycles. The molecule has 1 aliphatic rings. The van der Waals surface area contributed by atoms with Crippen LogP contribution in [0.2, 0.25) is 0 Å². The Balaban J connectivity index is 1.66. The number of hydrogen-bond acceptors (Lipinski definition) is 3. The lowest BCUT2D eigenvalue weighted by atomic mass is 10.0. The number of amides is 1. The molecule has 1 aliphatic heterocycles. The average molecular weight is 298 g/mol. The molecule has 0 saturated carbocycles. The van der Waals surface area contributed by atoms with E-state index in [1.807, 2.05) is 0 Å². The van der Waals surface area contributed by atoms with Gasteiger partial charge in [-0.15, -0.1) is 0 Å². The molecular weight excluding hydrogens is 278 g/mol. The maximum Gasteiger partial charge on any atom is 0.387 e. The van der Waals surface area contributed by atoms with Crippen LogP contribution in [0.4, 0.5) is 8.78 Å². The van der Waals surface area contributed by atoms with Gasteiger partial charge in [0.25, 0.3) is 0 Å². The van der Waals surface area contributed by atoms with Crippen LogP contribution >= 0.6 is 0 Å². The van der Waals surface area contributed by atoms with E-state index in [0.717, 1.165) is 25.1 Å². The fourth-order valence-corrected chi connectivity index (χ4v) is 2.41. The summed E-state index contributed by atoms with van der Waals surface area (Å²) >= 11 is 0. The van der Waals surface area contributed by atoms with Crippen molar-refractivity contribution in [3.63, 3.8) is 0 Å². The molecule has 1 heterocycles. The van der Waals surface area contributed by atoms with Crippen molar-refractivity contribution in [2.45, 2.75) is 25.9 Å². The molecule has 2 N–H and O–H groups in total. The van der Waals surface area contributed by atoms with Gasteiger partial charge in [-0.25, -0.2) is 0 Å². The normalized spacial score (nSPS) is 18.0. The Bertz CT molecular complexity index is 445. The van der Waals surface area contributed by atoms with E-state index in [-0.39, 0.29) is 11.7 Å². The second kappa shape index (κ2) is 7.93. The minimum atomic E-state index is -2.81. The molecule has 1 aromatic carbocycles. The lowest BCUT2D eigenvalue weighted by Gasteiger charge is -2.09. The maximum atomic E-state index is 12.0. The summed E-state index contributed by atoms with van der Waals surface area (Å²) in [6, 6.07) is 6.47. The van der Waals surface area contributed by atoms with Crippen LogP contribution in [0.5, 0.6) is 5.75 Å². The second-order valence-electron chi connectivity index (χ2n) is 5.19. The van der Waals surface area contributed by atoms with Crippen LogP contribution in [-0.2, 0) is 11.2 Å². The van der Waals surface area contributed by atoms with Crippen molar-refractivity contribution in [1.29, 1.82) is 0 Å². The summed E-state index contributed by atoms with van der Waals surface area (Å²) in [6.45, 7) is -0.349. The van der Waals surface area contributed by atoms with Crippen LogP contribution < -0.4 is 15.4 Å². The standard InChI is InChI=1S/C15H20F2N2O2/c16-15(17)21-13-3-1-11(2-4-13)6-8-19-14(20)9-12-5-7-18-10-12/h1-4,12,15,18H,5-10H2,(H,19,20). The van der Waals surface area contributed by atoms with Gasteiger partial charge in [-0.1, -0.05) is 12.1 Å². The van der Waals surface area contributed by atoms with Gasteiger partial charge in [0, 0.05) is 13.0 Å². The van der Waals surface area contributed by atoms with Crippen molar-refractivity contribution in [2.75, 3.05) is 19.6 Å². The Hall–Kier alpha value is -1.69. The molecule has 1 saturated heterocycles. The molecule has 4 nitrogen and oxygen atoms in total. The Morgan fingerprint density at radius 1 is 1.38 bits per heavy atom. The molecule has 0 radical (unpaired) electrons. The monoisotopic (exact) mass is 298 g/mol. The van der Waals surface area contributed by atoms with Crippen LogP contribution in [-0.4, -0.2) is 32.2 Å². The molecule has 21 heavy (non-hydrogen) atoms. The molecule has 0 aliphatic carbocycles. The summed E-state index contributed by atoms with van der Waals surface area (Å²) in [6.07, 6.45) is 2.29. The van der Waals surface area contributed by atoms with Crippen molar-refractivity contribution in [1.82, 2.24) is 10.6 Å². The molecular formula is C15H20F2N2O2. The van der Waals surface area contributed by atoms with Gasteiger partial charge in [0.15, 0.2) is 0 Å². The second-order valence-corrected chi connectivity index (χ2v) is 5.19. The Morgan fingerprint density at radius 2 is 2.14 bits per heavy atom. The van der Waals surface area contributed by atoms with E-state index in [1.165, 1.54) is 12.1 Å². The minimum Gasteiger partial charge on any atom is -0.435 e. The highest BCUT2D eigenvalue weighted by Gasteiger charge is 2.17. The first kappa shape index (κ1) is 15.7. The lowest BCUT2D eigenvalue weighted by Crippen LogP contribution is -2.28. The van der Waals surface area contributed by atoms with E-state index in [2.05, 4.69) is 15.4 Å². The smallest absolute Gasteiger partial charge is 0.387 e. The summed E-state index contributed by atoms with van der Waals surface area (Å²) in [5, 5.41) is 6.12. The van der Waals surface area contributed by atoms with Gasteiger partial charge in [0.1, 0.15) is 5.75 Å². The first-order valence-electron chi connectivity index (χ1n) is 7.14. The van der Waals surface area contributed by atoms with Gasteiger partial charge in [-0.05, 0) is 49.5 Å². The van der Waals surface area contributed by atoms with Gasteiger partial charge >= 0.3 is 6.61 Å². The van der Waals surface area contributed by atoms with E-state index in [0.29, 0.717) is 25.3 Å². The molecule has 1 atom stereocenters. The van der Waals surface area contributed by atoms with E-state index >= 15 is 0 Å². The van der Waals surface area contributed by atoms with E-state index in [9.17, 15) is 13.6 Å².